The Bertz CT molecular complexity index is 1220. The van der Waals surface area contributed by atoms with Crippen molar-refractivity contribution in [1.29, 1.82) is 0 Å². The predicted octanol–water partition coefficient (Wildman–Crippen LogP) is 4.96. The molecule has 1 fully saturated rings. The van der Waals surface area contributed by atoms with E-state index in [-0.39, 0.29) is 23.7 Å². The third-order valence-electron chi connectivity index (χ3n) is 7.01. The number of hydrazone groups is 1. The average molecular weight is 457 g/mol. The van der Waals surface area contributed by atoms with Crippen molar-refractivity contribution < 1.29 is 14.3 Å². The molecule has 33 heavy (non-hydrogen) atoms. The van der Waals surface area contributed by atoms with Crippen LogP contribution in [0.3, 0.4) is 0 Å². The Balaban J connectivity index is 1.42. The third kappa shape index (κ3) is 2.89. The number of imide groups is 1. The van der Waals surface area contributed by atoms with Crippen LogP contribution in [0.2, 0.25) is 5.02 Å². The summed E-state index contributed by atoms with van der Waals surface area (Å²) >= 11 is 6.15. The number of carbonyl (C=O) groups is 2. The first kappa shape index (κ1) is 20.2. The molecule has 0 radical (unpaired) electrons. The zero-order chi connectivity index (χ0) is 22.7. The van der Waals surface area contributed by atoms with Crippen molar-refractivity contribution in [2.24, 2.45) is 16.9 Å². The molecule has 1 saturated heterocycles. The minimum atomic E-state index is -0.449. The number of hydrogen-bond acceptors (Lipinski definition) is 4. The van der Waals surface area contributed by atoms with E-state index in [1.165, 1.54) is 6.21 Å². The summed E-state index contributed by atoms with van der Waals surface area (Å²) in [5, 5.41) is 5.94. The molecule has 0 spiro atoms. The molecular weight excluding hydrogens is 436 g/mol. The number of hydrogen-bond donors (Lipinski definition) is 0. The number of benzene rings is 3. The summed E-state index contributed by atoms with van der Waals surface area (Å²) in [6.07, 6.45) is 1.49. The molecule has 6 heteroatoms. The highest BCUT2D eigenvalue weighted by Crippen LogP contribution is 2.60. The van der Waals surface area contributed by atoms with Crippen LogP contribution in [0.25, 0.3) is 0 Å². The van der Waals surface area contributed by atoms with Crippen LogP contribution in [0.1, 0.15) is 46.6 Å². The highest BCUT2D eigenvalue weighted by atomic mass is 35.5. The lowest BCUT2D eigenvalue weighted by atomic mass is 9.55. The second-order valence-electron chi connectivity index (χ2n) is 8.61. The first-order valence-corrected chi connectivity index (χ1v) is 11.5. The number of amides is 2. The zero-order valence-electron chi connectivity index (χ0n) is 17.9. The van der Waals surface area contributed by atoms with Crippen molar-refractivity contribution in [2.45, 2.75) is 18.8 Å². The van der Waals surface area contributed by atoms with Gasteiger partial charge in [-0.2, -0.15) is 10.1 Å². The Hall–Kier alpha value is -3.44. The van der Waals surface area contributed by atoms with Gasteiger partial charge < -0.3 is 4.74 Å². The zero-order valence-corrected chi connectivity index (χ0v) is 18.7. The molecule has 1 heterocycles. The van der Waals surface area contributed by atoms with Crippen LogP contribution in [-0.4, -0.2) is 29.6 Å². The van der Waals surface area contributed by atoms with Crippen LogP contribution < -0.4 is 4.74 Å². The Morgan fingerprint density at radius 2 is 1.39 bits per heavy atom. The maximum atomic E-state index is 13.6. The van der Waals surface area contributed by atoms with E-state index in [0.717, 1.165) is 27.3 Å². The first-order valence-electron chi connectivity index (χ1n) is 11.1. The van der Waals surface area contributed by atoms with Gasteiger partial charge in [0.05, 0.1) is 24.7 Å². The van der Waals surface area contributed by atoms with E-state index in [4.69, 9.17) is 16.3 Å². The van der Waals surface area contributed by atoms with Crippen LogP contribution in [-0.2, 0) is 9.59 Å². The molecule has 1 aliphatic heterocycles. The number of ether oxygens (including phenoxy) is 1. The summed E-state index contributed by atoms with van der Waals surface area (Å²) in [6, 6.07) is 21.6. The standard InChI is InChI=1S/C27H21ClN2O3/c1-2-33-21-12-11-16(28)13-15(21)14-29-30-26(31)24-22-17-7-3-4-8-18(17)23(25(24)27(30)32)20-10-6-5-9-19(20)22/h3-14,22-25H,2H2,1H3/b29-14-/t22?,23?,24-,25-/m0/s1. The Kier molecular flexibility index (Phi) is 4.63. The lowest BCUT2D eigenvalue weighted by Gasteiger charge is -2.45. The molecule has 0 N–H and O–H groups in total. The number of rotatable bonds is 4. The Morgan fingerprint density at radius 3 is 1.88 bits per heavy atom. The largest absolute Gasteiger partial charge is 0.493 e. The van der Waals surface area contributed by atoms with Crippen molar-refractivity contribution in [3.8, 4) is 5.75 Å². The lowest BCUT2D eigenvalue weighted by Crippen LogP contribution is -2.41. The van der Waals surface area contributed by atoms with Crippen LogP contribution in [0.4, 0.5) is 0 Å². The topological polar surface area (TPSA) is 59.0 Å². The van der Waals surface area contributed by atoms with E-state index in [2.05, 4.69) is 29.4 Å². The molecule has 3 aliphatic carbocycles. The molecule has 7 rings (SSSR count). The van der Waals surface area contributed by atoms with Crippen molar-refractivity contribution >= 4 is 29.6 Å². The molecule has 2 bridgehead atoms. The van der Waals surface area contributed by atoms with Crippen LogP contribution in [0, 0.1) is 11.8 Å². The fourth-order valence-electron chi connectivity index (χ4n) is 5.80. The van der Waals surface area contributed by atoms with Crippen molar-refractivity contribution in [3.05, 3.63) is 99.6 Å². The highest BCUT2D eigenvalue weighted by molar-refractivity contribution is 6.31. The summed E-state index contributed by atoms with van der Waals surface area (Å²) in [5.74, 6) is -1.09. The maximum absolute atomic E-state index is 13.6. The summed E-state index contributed by atoms with van der Waals surface area (Å²) in [4.78, 5) is 27.2. The minimum absolute atomic E-state index is 0.144. The van der Waals surface area contributed by atoms with Crippen molar-refractivity contribution in [2.75, 3.05) is 6.61 Å². The summed E-state index contributed by atoms with van der Waals surface area (Å²) in [5.41, 5.74) is 5.19. The van der Waals surface area contributed by atoms with Gasteiger partial charge in [0.1, 0.15) is 5.75 Å². The van der Waals surface area contributed by atoms with Gasteiger partial charge in [-0.05, 0) is 47.4 Å². The summed E-state index contributed by atoms with van der Waals surface area (Å²) in [6.45, 7) is 2.37. The molecule has 3 aromatic carbocycles. The van der Waals surface area contributed by atoms with E-state index in [9.17, 15) is 9.59 Å². The molecule has 0 unspecified atom stereocenters. The van der Waals surface area contributed by atoms with Gasteiger partial charge >= 0.3 is 0 Å². The Labute approximate surface area is 196 Å². The third-order valence-corrected chi connectivity index (χ3v) is 7.24. The van der Waals surface area contributed by atoms with Crippen LogP contribution >= 0.6 is 11.6 Å². The van der Waals surface area contributed by atoms with E-state index in [1.54, 1.807) is 18.2 Å². The van der Waals surface area contributed by atoms with Gasteiger partial charge in [-0.3, -0.25) is 9.59 Å². The summed E-state index contributed by atoms with van der Waals surface area (Å²) in [7, 11) is 0. The van der Waals surface area contributed by atoms with Gasteiger partial charge in [0.15, 0.2) is 0 Å². The first-order chi connectivity index (χ1) is 16.1. The van der Waals surface area contributed by atoms with Crippen molar-refractivity contribution in [1.82, 2.24) is 5.01 Å². The van der Waals surface area contributed by atoms with Gasteiger partial charge in [0.25, 0.3) is 11.8 Å². The normalized spacial score (nSPS) is 24.7. The van der Waals surface area contributed by atoms with Crippen LogP contribution in [0.5, 0.6) is 5.75 Å². The fraction of sp³-hybridized carbons (Fsp3) is 0.222. The molecule has 4 aliphatic rings. The maximum Gasteiger partial charge on any atom is 0.254 e. The van der Waals surface area contributed by atoms with E-state index in [1.807, 2.05) is 31.2 Å². The molecule has 5 nitrogen and oxygen atoms in total. The van der Waals surface area contributed by atoms with Gasteiger partial charge in [0.2, 0.25) is 0 Å². The average Bonchev–Trinajstić information content (AvgIpc) is 3.09. The second-order valence-corrected chi connectivity index (χ2v) is 9.05. The quantitative estimate of drug-likeness (QED) is 0.411. The molecule has 164 valence electrons. The van der Waals surface area contributed by atoms with Gasteiger partial charge in [0, 0.05) is 22.4 Å². The van der Waals surface area contributed by atoms with E-state index < -0.39 is 11.8 Å². The molecule has 0 aromatic heterocycles. The predicted molar refractivity (Wildman–Crippen MR) is 126 cm³/mol. The smallest absolute Gasteiger partial charge is 0.254 e. The lowest BCUT2D eigenvalue weighted by molar-refractivity contribution is -0.139. The molecule has 2 amide bonds. The Morgan fingerprint density at radius 1 is 0.879 bits per heavy atom. The van der Waals surface area contributed by atoms with E-state index in [0.29, 0.717) is 22.9 Å². The van der Waals surface area contributed by atoms with Crippen molar-refractivity contribution in [3.63, 3.8) is 0 Å². The number of carbonyl (C=O) groups excluding carboxylic acids is 2. The van der Waals surface area contributed by atoms with Gasteiger partial charge in [-0.1, -0.05) is 60.1 Å². The molecular formula is C27H21ClN2O3. The number of halogens is 1. The summed E-state index contributed by atoms with van der Waals surface area (Å²) < 4.78 is 5.65. The van der Waals surface area contributed by atoms with E-state index >= 15 is 0 Å². The molecule has 2 atom stereocenters. The van der Waals surface area contributed by atoms with Gasteiger partial charge in [-0.25, -0.2) is 0 Å². The second kappa shape index (κ2) is 7.56. The minimum Gasteiger partial charge on any atom is -0.493 e. The highest BCUT2D eigenvalue weighted by Gasteiger charge is 2.61. The number of nitrogens with zero attached hydrogens (tertiary/aromatic N) is 2. The molecule has 0 saturated carbocycles. The fourth-order valence-corrected chi connectivity index (χ4v) is 5.98. The SMILES string of the molecule is CCOc1ccc(Cl)cc1/C=N\N1C(=O)[C@H]2C3c4ccccc4C(c4ccccc43)[C@@H]2C1=O. The molecule has 3 aromatic rings. The van der Waals surface area contributed by atoms with Crippen LogP contribution in [0.15, 0.2) is 71.8 Å². The monoisotopic (exact) mass is 456 g/mol. The van der Waals surface area contributed by atoms with Gasteiger partial charge in [-0.15, -0.1) is 0 Å².